The van der Waals surface area contributed by atoms with Crippen LogP contribution in [0.25, 0.3) is 0 Å². The van der Waals surface area contributed by atoms with Crippen molar-refractivity contribution in [3.05, 3.63) is 29.3 Å². The molecule has 0 atom stereocenters. The van der Waals surface area contributed by atoms with Crippen molar-refractivity contribution in [3.63, 3.8) is 0 Å². The number of aryl methyl sites for hydroxylation is 2. The van der Waals surface area contributed by atoms with Crippen LogP contribution >= 0.6 is 0 Å². The van der Waals surface area contributed by atoms with Gasteiger partial charge in [-0.3, -0.25) is 4.90 Å². The summed E-state index contributed by atoms with van der Waals surface area (Å²) in [6.45, 7) is 8.99. The zero-order chi connectivity index (χ0) is 15.5. The average Bonchev–Trinajstić information content (AvgIpc) is 2.48. The average molecular weight is 311 g/mol. The third kappa shape index (κ3) is 4.03. The van der Waals surface area contributed by atoms with Crippen LogP contribution in [0.5, 0.6) is 0 Å². The number of piperazine rings is 1. The van der Waals surface area contributed by atoms with Crippen LogP contribution in [-0.4, -0.2) is 63.9 Å². The molecule has 1 heterocycles. The number of nitrogens with one attached hydrogen (secondary N) is 1. The summed E-state index contributed by atoms with van der Waals surface area (Å²) in [5.41, 5.74) is 1.77. The molecule has 0 spiro atoms. The van der Waals surface area contributed by atoms with E-state index in [0.717, 1.165) is 43.9 Å². The molecule has 0 aliphatic carbocycles. The predicted molar refractivity (Wildman–Crippen MR) is 85.0 cm³/mol. The lowest BCUT2D eigenvalue weighted by atomic mass is 10.2. The monoisotopic (exact) mass is 311 g/mol. The van der Waals surface area contributed by atoms with Gasteiger partial charge < -0.3 is 5.32 Å². The van der Waals surface area contributed by atoms with Crippen LogP contribution in [0.2, 0.25) is 0 Å². The highest BCUT2D eigenvalue weighted by Crippen LogP contribution is 2.20. The maximum atomic E-state index is 12.7. The van der Waals surface area contributed by atoms with Crippen LogP contribution in [0.4, 0.5) is 0 Å². The van der Waals surface area contributed by atoms with Gasteiger partial charge >= 0.3 is 0 Å². The topological polar surface area (TPSA) is 52.7 Å². The fourth-order valence-electron chi connectivity index (χ4n) is 2.49. The van der Waals surface area contributed by atoms with Crippen molar-refractivity contribution < 1.29 is 8.42 Å². The fraction of sp³-hybridized carbons (Fsp3) is 0.600. The molecule has 0 bridgehead atoms. The quantitative estimate of drug-likeness (QED) is 0.875. The minimum absolute atomic E-state index is 0.422. The first-order chi connectivity index (χ1) is 9.91. The standard InChI is InChI=1S/C15H25N3O2S/c1-13-4-5-14(2)15(12-13)21(19,20)17(3)10-11-18-8-6-16-7-9-18/h4-5,12,16H,6-11H2,1-3H3. The normalized spacial score (nSPS) is 17.3. The Morgan fingerprint density at radius 1 is 1.24 bits per heavy atom. The van der Waals surface area contributed by atoms with Crippen LogP contribution in [0.3, 0.4) is 0 Å². The van der Waals surface area contributed by atoms with Gasteiger partial charge in [-0.1, -0.05) is 12.1 Å². The molecule has 1 aromatic rings. The maximum absolute atomic E-state index is 12.7. The zero-order valence-corrected chi connectivity index (χ0v) is 13.9. The Bertz CT molecular complexity index is 581. The number of likely N-dealkylation sites (N-methyl/N-ethyl adjacent to an activating group) is 1. The Labute approximate surface area is 128 Å². The Hall–Kier alpha value is -0.950. The summed E-state index contributed by atoms with van der Waals surface area (Å²) >= 11 is 0. The second-order valence-electron chi connectivity index (χ2n) is 5.69. The van der Waals surface area contributed by atoms with Crippen molar-refractivity contribution in [2.75, 3.05) is 46.3 Å². The summed E-state index contributed by atoms with van der Waals surface area (Å²) in [6, 6.07) is 5.56. The smallest absolute Gasteiger partial charge is 0.243 e. The zero-order valence-electron chi connectivity index (χ0n) is 13.1. The molecule has 1 aliphatic heterocycles. The van der Waals surface area contributed by atoms with E-state index in [1.807, 2.05) is 26.0 Å². The SMILES string of the molecule is Cc1ccc(C)c(S(=O)(=O)N(C)CCN2CCNCC2)c1. The largest absolute Gasteiger partial charge is 0.314 e. The summed E-state index contributed by atoms with van der Waals surface area (Å²) in [6.07, 6.45) is 0. The van der Waals surface area contributed by atoms with Crippen LogP contribution < -0.4 is 5.32 Å². The molecule has 0 saturated carbocycles. The van der Waals surface area contributed by atoms with Gasteiger partial charge in [0.1, 0.15) is 0 Å². The summed E-state index contributed by atoms with van der Waals surface area (Å²) in [4.78, 5) is 2.72. The van der Waals surface area contributed by atoms with E-state index < -0.39 is 10.0 Å². The molecule has 118 valence electrons. The molecule has 21 heavy (non-hydrogen) atoms. The van der Waals surface area contributed by atoms with Gasteiger partial charge in [0.25, 0.3) is 0 Å². The number of sulfonamides is 1. The Balaban J connectivity index is 2.05. The highest BCUT2D eigenvalue weighted by Gasteiger charge is 2.23. The summed E-state index contributed by atoms with van der Waals surface area (Å²) in [5, 5.41) is 3.30. The summed E-state index contributed by atoms with van der Waals surface area (Å²) in [5.74, 6) is 0. The van der Waals surface area contributed by atoms with E-state index in [1.54, 1.807) is 13.1 Å². The van der Waals surface area contributed by atoms with Crippen LogP contribution in [0, 0.1) is 13.8 Å². The molecular weight excluding hydrogens is 286 g/mol. The molecule has 5 nitrogen and oxygen atoms in total. The maximum Gasteiger partial charge on any atom is 0.243 e. The molecule has 0 amide bonds. The van der Waals surface area contributed by atoms with Crippen molar-refractivity contribution in [3.8, 4) is 0 Å². The first kappa shape index (κ1) is 16.4. The van der Waals surface area contributed by atoms with Crippen molar-refractivity contribution in [1.82, 2.24) is 14.5 Å². The molecule has 1 saturated heterocycles. The number of hydrogen-bond acceptors (Lipinski definition) is 4. The molecule has 1 fully saturated rings. The first-order valence-electron chi connectivity index (χ1n) is 7.38. The lowest BCUT2D eigenvalue weighted by Gasteiger charge is -2.29. The fourth-order valence-corrected chi connectivity index (χ4v) is 3.96. The van der Waals surface area contributed by atoms with Crippen LogP contribution in [0.15, 0.2) is 23.1 Å². The minimum atomic E-state index is -3.40. The lowest BCUT2D eigenvalue weighted by molar-refractivity contribution is 0.229. The molecule has 0 radical (unpaired) electrons. The van der Waals surface area contributed by atoms with Gasteiger partial charge in [-0.2, -0.15) is 4.31 Å². The number of hydrogen-bond donors (Lipinski definition) is 1. The van der Waals surface area contributed by atoms with Crippen LogP contribution in [-0.2, 0) is 10.0 Å². The molecular formula is C15H25N3O2S. The van der Waals surface area contributed by atoms with E-state index in [4.69, 9.17) is 0 Å². The van der Waals surface area contributed by atoms with E-state index in [1.165, 1.54) is 4.31 Å². The van der Waals surface area contributed by atoms with Crippen LogP contribution in [0.1, 0.15) is 11.1 Å². The van der Waals surface area contributed by atoms with Gasteiger partial charge in [-0.25, -0.2) is 8.42 Å². The van der Waals surface area contributed by atoms with E-state index >= 15 is 0 Å². The van der Waals surface area contributed by atoms with Crippen molar-refractivity contribution in [2.24, 2.45) is 0 Å². The van der Waals surface area contributed by atoms with Crippen molar-refractivity contribution in [2.45, 2.75) is 18.7 Å². The number of benzene rings is 1. The van der Waals surface area contributed by atoms with Gasteiger partial charge in [0, 0.05) is 46.3 Å². The highest BCUT2D eigenvalue weighted by molar-refractivity contribution is 7.89. The van der Waals surface area contributed by atoms with Crippen molar-refractivity contribution >= 4 is 10.0 Å². The Morgan fingerprint density at radius 3 is 2.57 bits per heavy atom. The number of nitrogens with zero attached hydrogens (tertiary/aromatic N) is 2. The molecule has 2 rings (SSSR count). The van der Waals surface area contributed by atoms with Gasteiger partial charge in [-0.15, -0.1) is 0 Å². The number of rotatable bonds is 5. The van der Waals surface area contributed by atoms with Gasteiger partial charge in [-0.05, 0) is 31.0 Å². The summed E-state index contributed by atoms with van der Waals surface area (Å²) in [7, 11) is -1.74. The lowest BCUT2D eigenvalue weighted by Crippen LogP contribution is -2.46. The Kier molecular flexibility index (Phi) is 5.37. The van der Waals surface area contributed by atoms with E-state index in [-0.39, 0.29) is 0 Å². The predicted octanol–water partition coefficient (Wildman–Crippen LogP) is 0.829. The van der Waals surface area contributed by atoms with Gasteiger partial charge in [0.05, 0.1) is 4.90 Å². The highest BCUT2D eigenvalue weighted by atomic mass is 32.2. The third-order valence-electron chi connectivity index (χ3n) is 3.97. The molecule has 1 N–H and O–H groups in total. The Morgan fingerprint density at radius 2 is 1.90 bits per heavy atom. The third-order valence-corrected chi connectivity index (χ3v) is 5.97. The molecule has 0 unspecified atom stereocenters. The first-order valence-corrected chi connectivity index (χ1v) is 8.82. The molecule has 6 heteroatoms. The van der Waals surface area contributed by atoms with E-state index in [2.05, 4.69) is 10.2 Å². The van der Waals surface area contributed by atoms with Crippen molar-refractivity contribution in [1.29, 1.82) is 0 Å². The van der Waals surface area contributed by atoms with Gasteiger partial charge in [0.2, 0.25) is 10.0 Å². The molecule has 1 aliphatic rings. The van der Waals surface area contributed by atoms with Gasteiger partial charge in [0.15, 0.2) is 0 Å². The molecule has 1 aromatic carbocycles. The minimum Gasteiger partial charge on any atom is -0.314 e. The molecule has 0 aromatic heterocycles. The van der Waals surface area contributed by atoms with E-state index in [0.29, 0.717) is 11.4 Å². The second kappa shape index (κ2) is 6.87. The second-order valence-corrected chi connectivity index (χ2v) is 7.70. The summed E-state index contributed by atoms with van der Waals surface area (Å²) < 4.78 is 26.8. The van der Waals surface area contributed by atoms with E-state index in [9.17, 15) is 8.42 Å².